The summed E-state index contributed by atoms with van der Waals surface area (Å²) >= 11 is 0. The van der Waals surface area contributed by atoms with Crippen LogP contribution < -0.4 is 10.9 Å². The fourth-order valence-electron chi connectivity index (χ4n) is 4.08. The average molecular weight is 345 g/mol. The molecule has 1 aromatic heterocycles. The molecule has 1 saturated carbocycles. The van der Waals surface area contributed by atoms with E-state index in [1.165, 1.54) is 6.42 Å². The quantitative estimate of drug-likeness (QED) is 0.878. The summed E-state index contributed by atoms with van der Waals surface area (Å²) in [5, 5.41) is 2.93. The number of likely N-dealkylation sites (tertiary alicyclic amines) is 1. The molecule has 1 aliphatic carbocycles. The molecule has 3 rings (SSSR count). The van der Waals surface area contributed by atoms with Gasteiger partial charge in [-0.05, 0) is 44.7 Å². The number of H-pyrrole nitrogens is 1. The Morgan fingerprint density at radius 2 is 1.88 bits per heavy atom. The van der Waals surface area contributed by atoms with Crippen molar-refractivity contribution in [2.75, 3.05) is 13.1 Å². The maximum atomic E-state index is 12.6. The number of amides is 2. The molecule has 2 N–H and O–H groups in total. The summed E-state index contributed by atoms with van der Waals surface area (Å²) in [5.41, 5.74) is 1.22. The average Bonchev–Trinajstić information content (AvgIpc) is 3.02. The van der Waals surface area contributed by atoms with Crippen molar-refractivity contribution in [1.29, 1.82) is 0 Å². The highest BCUT2D eigenvalue weighted by Gasteiger charge is 2.32. The highest BCUT2D eigenvalue weighted by molar-refractivity contribution is 5.95. The zero-order valence-electron chi connectivity index (χ0n) is 15.1. The number of carbonyl (C=O) groups is 2. The fourth-order valence-corrected chi connectivity index (χ4v) is 4.08. The largest absolute Gasteiger partial charge is 0.347 e. The lowest BCUT2D eigenvalue weighted by atomic mass is 9.88. The van der Waals surface area contributed by atoms with Gasteiger partial charge in [0.1, 0.15) is 5.56 Å². The number of nitrogens with zero attached hydrogens (tertiary/aromatic N) is 1. The van der Waals surface area contributed by atoms with Crippen molar-refractivity contribution in [1.82, 2.24) is 15.2 Å². The fraction of sp³-hybridized carbons (Fsp3) is 0.632. The lowest BCUT2D eigenvalue weighted by molar-refractivity contribution is -0.135. The first kappa shape index (κ1) is 17.7. The highest BCUT2D eigenvalue weighted by Crippen LogP contribution is 2.26. The molecule has 0 bridgehead atoms. The summed E-state index contributed by atoms with van der Waals surface area (Å²) in [4.78, 5) is 41.7. The third-order valence-corrected chi connectivity index (χ3v) is 5.38. The number of aromatic amines is 1. The topological polar surface area (TPSA) is 82.3 Å². The molecule has 1 saturated heterocycles. The molecule has 2 fully saturated rings. The van der Waals surface area contributed by atoms with Crippen LogP contribution >= 0.6 is 0 Å². The molecule has 2 amide bonds. The molecule has 2 aliphatic rings. The highest BCUT2D eigenvalue weighted by atomic mass is 16.2. The molecule has 2 heterocycles. The number of pyridine rings is 1. The molecule has 0 unspecified atom stereocenters. The molecule has 6 nitrogen and oxygen atoms in total. The monoisotopic (exact) mass is 345 g/mol. The number of nitrogens with one attached hydrogen (secondary N) is 2. The minimum Gasteiger partial charge on any atom is -0.347 e. The first-order valence-corrected chi connectivity index (χ1v) is 9.26. The molecular formula is C19H27N3O3. The number of carbonyl (C=O) groups excluding carboxylic acids is 2. The third-order valence-electron chi connectivity index (χ3n) is 5.38. The Balaban J connectivity index is 1.60. The molecule has 25 heavy (non-hydrogen) atoms. The van der Waals surface area contributed by atoms with Crippen molar-refractivity contribution in [3.8, 4) is 0 Å². The first-order chi connectivity index (χ1) is 12.0. The Morgan fingerprint density at radius 3 is 2.56 bits per heavy atom. The van der Waals surface area contributed by atoms with Crippen molar-refractivity contribution in [2.24, 2.45) is 5.92 Å². The van der Waals surface area contributed by atoms with Gasteiger partial charge in [0, 0.05) is 30.7 Å². The van der Waals surface area contributed by atoms with Gasteiger partial charge in [-0.1, -0.05) is 19.3 Å². The lowest BCUT2D eigenvalue weighted by Gasteiger charge is -2.26. The number of aromatic nitrogens is 1. The van der Waals surface area contributed by atoms with Crippen molar-refractivity contribution in [3.05, 3.63) is 33.2 Å². The number of hydrogen-bond acceptors (Lipinski definition) is 3. The van der Waals surface area contributed by atoms with Crippen LogP contribution in [0.25, 0.3) is 0 Å². The Morgan fingerprint density at radius 1 is 1.16 bits per heavy atom. The van der Waals surface area contributed by atoms with Crippen LogP contribution in [0.2, 0.25) is 0 Å². The molecule has 1 atom stereocenters. The molecular weight excluding hydrogens is 318 g/mol. The Hall–Kier alpha value is -2.11. The van der Waals surface area contributed by atoms with E-state index in [1.807, 2.05) is 4.90 Å². The molecule has 0 radical (unpaired) electrons. The van der Waals surface area contributed by atoms with E-state index in [0.717, 1.165) is 37.8 Å². The van der Waals surface area contributed by atoms with Crippen LogP contribution in [0.5, 0.6) is 0 Å². The van der Waals surface area contributed by atoms with E-state index < -0.39 is 0 Å². The van der Waals surface area contributed by atoms with E-state index in [2.05, 4.69) is 10.3 Å². The number of aryl methyl sites for hydroxylation is 2. The minimum absolute atomic E-state index is 0.0832. The second kappa shape index (κ2) is 7.42. The summed E-state index contributed by atoms with van der Waals surface area (Å²) in [7, 11) is 0. The van der Waals surface area contributed by atoms with E-state index in [0.29, 0.717) is 18.7 Å². The van der Waals surface area contributed by atoms with Gasteiger partial charge in [0.25, 0.3) is 11.5 Å². The smallest absolute Gasteiger partial charge is 0.261 e. The van der Waals surface area contributed by atoms with Crippen LogP contribution in [-0.2, 0) is 4.79 Å². The second-order valence-corrected chi connectivity index (χ2v) is 7.42. The van der Waals surface area contributed by atoms with E-state index in [4.69, 9.17) is 0 Å². The summed E-state index contributed by atoms with van der Waals surface area (Å²) in [6, 6.07) is 1.71. The predicted molar refractivity (Wildman–Crippen MR) is 95.6 cm³/mol. The summed E-state index contributed by atoms with van der Waals surface area (Å²) in [5.74, 6) is 0.0434. The Kier molecular flexibility index (Phi) is 5.25. The van der Waals surface area contributed by atoms with Crippen molar-refractivity contribution < 1.29 is 9.59 Å². The predicted octanol–water partition coefficient (Wildman–Crippen LogP) is 1.90. The SMILES string of the molecule is Cc1cc(C)c(C(=O)N[C@H]2CCN(C(=O)C3CCCCC3)C2)c(=O)[nH]1. The van der Waals surface area contributed by atoms with Gasteiger partial charge in [0.2, 0.25) is 5.91 Å². The second-order valence-electron chi connectivity index (χ2n) is 7.42. The number of hydrogen-bond donors (Lipinski definition) is 2. The van der Waals surface area contributed by atoms with Gasteiger partial charge in [0.05, 0.1) is 0 Å². The summed E-state index contributed by atoms with van der Waals surface area (Å²) < 4.78 is 0. The first-order valence-electron chi connectivity index (χ1n) is 9.26. The van der Waals surface area contributed by atoms with Crippen LogP contribution in [0.3, 0.4) is 0 Å². The zero-order chi connectivity index (χ0) is 18.0. The van der Waals surface area contributed by atoms with Gasteiger partial charge >= 0.3 is 0 Å². The molecule has 136 valence electrons. The van der Waals surface area contributed by atoms with Gasteiger partial charge in [-0.2, -0.15) is 0 Å². The van der Waals surface area contributed by atoms with Crippen LogP contribution in [0, 0.1) is 19.8 Å². The van der Waals surface area contributed by atoms with Gasteiger partial charge in [-0.25, -0.2) is 0 Å². The van der Waals surface area contributed by atoms with Crippen LogP contribution in [0.15, 0.2) is 10.9 Å². The third kappa shape index (κ3) is 3.94. The van der Waals surface area contributed by atoms with Gasteiger partial charge in [-0.3, -0.25) is 14.4 Å². The molecule has 0 aromatic carbocycles. The van der Waals surface area contributed by atoms with Crippen LogP contribution in [0.4, 0.5) is 0 Å². The van der Waals surface area contributed by atoms with Gasteiger partial charge in [-0.15, -0.1) is 0 Å². The number of rotatable bonds is 3. The van der Waals surface area contributed by atoms with Crippen LogP contribution in [0.1, 0.15) is 60.1 Å². The van der Waals surface area contributed by atoms with E-state index in [1.54, 1.807) is 19.9 Å². The van der Waals surface area contributed by atoms with Crippen molar-refractivity contribution >= 4 is 11.8 Å². The molecule has 6 heteroatoms. The minimum atomic E-state index is -0.358. The molecule has 1 aromatic rings. The standard InChI is InChI=1S/C19H27N3O3/c1-12-10-13(2)20-17(23)16(12)18(24)21-15-8-9-22(11-15)19(25)14-6-4-3-5-7-14/h10,14-15H,3-9,11H2,1-2H3,(H,20,23)(H,21,24)/t15-/m0/s1. The maximum Gasteiger partial charge on any atom is 0.261 e. The Bertz CT molecular complexity index is 719. The van der Waals surface area contributed by atoms with E-state index in [9.17, 15) is 14.4 Å². The Labute approximate surface area is 148 Å². The van der Waals surface area contributed by atoms with Gasteiger partial charge < -0.3 is 15.2 Å². The zero-order valence-corrected chi connectivity index (χ0v) is 15.1. The molecule has 1 aliphatic heterocycles. The van der Waals surface area contributed by atoms with Crippen molar-refractivity contribution in [3.63, 3.8) is 0 Å². The maximum absolute atomic E-state index is 12.6. The lowest BCUT2D eigenvalue weighted by Crippen LogP contribution is -2.42. The summed E-state index contributed by atoms with van der Waals surface area (Å²) in [6.07, 6.45) is 6.23. The summed E-state index contributed by atoms with van der Waals surface area (Å²) in [6.45, 7) is 4.79. The van der Waals surface area contributed by atoms with E-state index in [-0.39, 0.29) is 34.9 Å². The normalized spacial score (nSPS) is 21.4. The van der Waals surface area contributed by atoms with Crippen LogP contribution in [-0.4, -0.2) is 40.8 Å². The van der Waals surface area contributed by atoms with Gasteiger partial charge in [0.15, 0.2) is 0 Å². The molecule has 0 spiro atoms. The van der Waals surface area contributed by atoms with Crippen molar-refractivity contribution in [2.45, 2.75) is 58.4 Å². The van der Waals surface area contributed by atoms with E-state index >= 15 is 0 Å².